The van der Waals surface area contributed by atoms with Gasteiger partial charge in [-0.15, -0.1) is 0 Å². The molecule has 1 amide bonds. The van der Waals surface area contributed by atoms with Crippen LogP contribution in [0.4, 0.5) is 5.69 Å². The van der Waals surface area contributed by atoms with Crippen LogP contribution in [0.5, 0.6) is 11.5 Å². The molecule has 0 radical (unpaired) electrons. The van der Waals surface area contributed by atoms with Crippen molar-refractivity contribution in [2.45, 2.75) is 17.9 Å². The van der Waals surface area contributed by atoms with Gasteiger partial charge < -0.3 is 14.4 Å². The molecule has 1 fully saturated rings. The molecule has 1 aliphatic heterocycles. The average molecular weight is 493 g/mol. The maximum absolute atomic E-state index is 12.6. The molecule has 3 rings (SSSR count). The van der Waals surface area contributed by atoms with Crippen LogP contribution >= 0.6 is 0 Å². The standard InChI is InChI=1S/C22H28N4O7S/c1-32-20-7-6-19(15-21(20)33-2)34(30,31)23-9-8-22(27)25-12-10-24(11-13-25)16-17-4-3-5-18(14-17)26(28)29/h3-7,14-15,23H,8-13,16H2,1-2H3. The van der Waals surface area contributed by atoms with Crippen molar-refractivity contribution in [3.05, 3.63) is 58.1 Å². The van der Waals surface area contributed by atoms with Crippen LogP contribution in [-0.4, -0.2) is 76.0 Å². The zero-order chi connectivity index (χ0) is 24.7. The van der Waals surface area contributed by atoms with Gasteiger partial charge in [-0.3, -0.25) is 19.8 Å². The van der Waals surface area contributed by atoms with E-state index in [9.17, 15) is 23.3 Å². The topological polar surface area (TPSA) is 131 Å². The fraction of sp³-hybridized carbons (Fsp3) is 0.409. The molecule has 2 aromatic carbocycles. The van der Waals surface area contributed by atoms with Crippen LogP contribution < -0.4 is 14.2 Å². The first kappa shape index (κ1) is 25.4. The van der Waals surface area contributed by atoms with Gasteiger partial charge in [0, 0.05) is 63.9 Å². The van der Waals surface area contributed by atoms with Gasteiger partial charge in [-0.2, -0.15) is 0 Å². The number of hydrogen-bond acceptors (Lipinski definition) is 8. The highest BCUT2D eigenvalue weighted by Gasteiger charge is 2.22. The van der Waals surface area contributed by atoms with E-state index in [1.165, 1.54) is 38.5 Å². The highest BCUT2D eigenvalue weighted by Crippen LogP contribution is 2.29. The Morgan fingerprint density at radius 2 is 1.76 bits per heavy atom. The lowest BCUT2D eigenvalue weighted by Gasteiger charge is -2.34. The number of hydrogen-bond donors (Lipinski definition) is 1. The molecular formula is C22H28N4O7S. The van der Waals surface area contributed by atoms with Crippen LogP contribution in [0.2, 0.25) is 0 Å². The Morgan fingerprint density at radius 3 is 2.41 bits per heavy atom. The third-order valence-corrected chi connectivity index (χ3v) is 7.01. The minimum absolute atomic E-state index is 0.0207. The van der Waals surface area contributed by atoms with Crippen molar-refractivity contribution in [1.82, 2.24) is 14.5 Å². The minimum Gasteiger partial charge on any atom is -0.493 e. The summed E-state index contributed by atoms with van der Waals surface area (Å²) in [6.45, 7) is 2.82. The number of rotatable bonds is 10. The maximum atomic E-state index is 12.6. The van der Waals surface area contributed by atoms with E-state index in [0.29, 0.717) is 44.2 Å². The molecular weight excluding hydrogens is 464 g/mol. The SMILES string of the molecule is COc1ccc(S(=O)(=O)NCCC(=O)N2CCN(Cc3cccc([N+](=O)[O-])c3)CC2)cc1OC. The molecule has 1 aliphatic rings. The second-order valence-corrected chi connectivity index (χ2v) is 9.52. The monoisotopic (exact) mass is 492 g/mol. The Balaban J connectivity index is 1.46. The van der Waals surface area contributed by atoms with Crippen molar-refractivity contribution in [2.24, 2.45) is 0 Å². The quantitative estimate of drug-likeness (QED) is 0.391. The van der Waals surface area contributed by atoms with E-state index in [-0.39, 0.29) is 29.5 Å². The molecule has 34 heavy (non-hydrogen) atoms. The van der Waals surface area contributed by atoms with Gasteiger partial charge in [-0.1, -0.05) is 12.1 Å². The average Bonchev–Trinajstić information content (AvgIpc) is 2.84. The van der Waals surface area contributed by atoms with Crippen LogP contribution in [0, 0.1) is 10.1 Å². The Bertz CT molecular complexity index is 1130. The summed E-state index contributed by atoms with van der Waals surface area (Å²) in [5.74, 6) is 0.579. The van der Waals surface area contributed by atoms with Crippen LogP contribution in [0.25, 0.3) is 0 Å². The smallest absolute Gasteiger partial charge is 0.269 e. The normalized spacial score (nSPS) is 14.6. The Morgan fingerprint density at radius 1 is 1.06 bits per heavy atom. The summed E-state index contributed by atoms with van der Waals surface area (Å²) in [7, 11) is -0.928. The van der Waals surface area contributed by atoms with Gasteiger partial charge in [0.15, 0.2) is 11.5 Å². The number of carbonyl (C=O) groups is 1. The molecule has 0 saturated carbocycles. The van der Waals surface area contributed by atoms with E-state index in [2.05, 4.69) is 9.62 Å². The number of benzene rings is 2. The zero-order valence-corrected chi connectivity index (χ0v) is 19.9. The number of carbonyl (C=O) groups excluding carboxylic acids is 1. The number of non-ortho nitro benzene ring substituents is 1. The third-order valence-electron chi connectivity index (χ3n) is 5.55. The third kappa shape index (κ3) is 6.43. The van der Waals surface area contributed by atoms with Crippen molar-refractivity contribution >= 4 is 21.6 Å². The highest BCUT2D eigenvalue weighted by molar-refractivity contribution is 7.89. The van der Waals surface area contributed by atoms with Gasteiger partial charge in [0.25, 0.3) is 5.69 Å². The van der Waals surface area contributed by atoms with Gasteiger partial charge in [0.1, 0.15) is 0 Å². The fourth-order valence-electron chi connectivity index (χ4n) is 3.70. The number of nitrogens with zero attached hydrogens (tertiary/aromatic N) is 3. The molecule has 0 bridgehead atoms. The van der Waals surface area contributed by atoms with Crippen molar-refractivity contribution in [1.29, 1.82) is 0 Å². The van der Waals surface area contributed by atoms with E-state index >= 15 is 0 Å². The molecule has 2 aromatic rings. The Labute approximate surface area is 198 Å². The summed E-state index contributed by atoms with van der Waals surface area (Å²) < 4.78 is 37.8. The summed E-state index contributed by atoms with van der Waals surface area (Å²) >= 11 is 0. The number of amides is 1. The molecule has 0 spiro atoms. The Kier molecular flexibility index (Phi) is 8.42. The molecule has 1 heterocycles. The van der Waals surface area contributed by atoms with Gasteiger partial charge in [-0.05, 0) is 17.7 Å². The van der Waals surface area contributed by atoms with Crippen molar-refractivity contribution in [3.63, 3.8) is 0 Å². The van der Waals surface area contributed by atoms with Gasteiger partial charge in [-0.25, -0.2) is 13.1 Å². The fourth-order valence-corrected chi connectivity index (χ4v) is 4.75. The van der Waals surface area contributed by atoms with Crippen LogP contribution in [0.1, 0.15) is 12.0 Å². The lowest BCUT2D eigenvalue weighted by molar-refractivity contribution is -0.384. The summed E-state index contributed by atoms with van der Waals surface area (Å²) in [6, 6.07) is 10.8. The van der Waals surface area contributed by atoms with Crippen LogP contribution in [0.3, 0.4) is 0 Å². The van der Waals surface area contributed by atoms with E-state index in [1.54, 1.807) is 17.0 Å². The van der Waals surface area contributed by atoms with Gasteiger partial charge in [0.05, 0.1) is 24.0 Å². The van der Waals surface area contributed by atoms with Crippen molar-refractivity contribution in [3.8, 4) is 11.5 Å². The molecule has 1 saturated heterocycles. The number of piperazine rings is 1. The molecule has 1 N–H and O–H groups in total. The van der Waals surface area contributed by atoms with Crippen molar-refractivity contribution < 1.29 is 27.6 Å². The van der Waals surface area contributed by atoms with Crippen LogP contribution in [0.15, 0.2) is 47.4 Å². The lowest BCUT2D eigenvalue weighted by Crippen LogP contribution is -2.48. The summed E-state index contributed by atoms with van der Waals surface area (Å²) in [6.07, 6.45) is 0.0391. The largest absolute Gasteiger partial charge is 0.493 e. The van der Waals surface area contributed by atoms with Crippen molar-refractivity contribution in [2.75, 3.05) is 46.9 Å². The van der Waals surface area contributed by atoms with Gasteiger partial charge >= 0.3 is 0 Å². The Hall–Kier alpha value is -3.22. The summed E-state index contributed by atoms with van der Waals surface area (Å²) in [4.78, 5) is 26.9. The predicted molar refractivity (Wildman–Crippen MR) is 124 cm³/mol. The van der Waals surface area contributed by atoms with E-state index in [1.807, 2.05) is 6.07 Å². The minimum atomic E-state index is -3.81. The lowest BCUT2D eigenvalue weighted by atomic mass is 10.1. The first-order valence-electron chi connectivity index (χ1n) is 10.7. The first-order valence-corrected chi connectivity index (χ1v) is 12.2. The molecule has 0 unspecified atom stereocenters. The number of ether oxygens (including phenoxy) is 2. The van der Waals surface area contributed by atoms with E-state index in [4.69, 9.17) is 9.47 Å². The first-order chi connectivity index (χ1) is 16.2. The molecule has 184 valence electrons. The van der Waals surface area contributed by atoms with E-state index < -0.39 is 14.9 Å². The molecule has 11 nitrogen and oxygen atoms in total. The summed E-state index contributed by atoms with van der Waals surface area (Å²) in [5, 5.41) is 10.9. The number of nitro groups is 1. The molecule has 0 atom stereocenters. The number of sulfonamides is 1. The predicted octanol–water partition coefficient (Wildman–Crippen LogP) is 1.62. The zero-order valence-electron chi connectivity index (χ0n) is 19.1. The second kappa shape index (κ2) is 11.3. The second-order valence-electron chi connectivity index (χ2n) is 7.75. The number of nitrogens with one attached hydrogen (secondary N) is 1. The molecule has 12 heteroatoms. The highest BCUT2D eigenvalue weighted by atomic mass is 32.2. The summed E-state index contributed by atoms with van der Waals surface area (Å²) in [5.41, 5.74) is 0.903. The van der Waals surface area contributed by atoms with Gasteiger partial charge in [0.2, 0.25) is 15.9 Å². The van der Waals surface area contributed by atoms with Crippen LogP contribution in [-0.2, 0) is 21.4 Å². The number of nitro benzene ring substituents is 1. The molecule has 0 aliphatic carbocycles. The molecule has 0 aromatic heterocycles. The van der Waals surface area contributed by atoms with E-state index in [0.717, 1.165) is 5.56 Å². The number of methoxy groups -OCH3 is 2. The maximum Gasteiger partial charge on any atom is 0.269 e.